The maximum absolute atomic E-state index is 14.7. The zero-order valence-electron chi connectivity index (χ0n) is 17.4. The highest BCUT2D eigenvalue weighted by Gasteiger charge is 2.24. The van der Waals surface area contributed by atoms with Crippen molar-refractivity contribution >= 4 is 17.4 Å². The van der Waals surface area contributed by atoms with Gasteiger partial charge in [0.2, 0.25) is 0 Å². The van der Waals surface area contributed by atoms with E-state index < -0.39 is 17.9 Å². The minimum Gasteiger partial charge on any atom is -0.369 e. The van der Waals surface area contributed by atoms with Gasteiger partial charge in [0.05, 0.1) is 17.5 Å². The number of imidazole rings is 1. The van der Waals surface area contributed by atoms with Crippen LogP contribution in [0, 0.1) is 5.82 Å². The first-order valence-corrected chi connectivity index (χ1v) is 10.6. The molecule has 0 unspecified atom stereocenters. The average Bonchev–Trinajstić information content (AvgIpc) is 3.38. The Balaban J connectivity index is 1.50. The van der Waals surface area contributed by atoms with Crippen molar-refractivity contribution < 1.29 is 13.6 Å². The second-order valence-electron chi connectivity index (χ2n) is 7.76. The van der Waals surface area contributed by atoms with Gasteiger partial charge in [-0.15, -0.1) is 5.10 Å². The Hall–Kier alpha value is -3.07. The Kier molecular flexibility index (Phi) is 6.41. The largest absolute Gasteiger partial charge is 0.369 e. The van der Waals surface area contributed by atoms with E-state index in [1.807, 2.05) is 12.1 Å². The molecule has 0 bridgehead atoms. The molecule has 1 saturated heterocycles. The van der Waals surface area contributed by atoms with E-state index in [2.05, 4.69) is 33.0 Å². The molecular formula is C22H26F2N6O. The number of carbonyl (C=O) groups is 1. The van der Waals surface area contributed by atoms with Gasteiger partial charge in [0, 0.05) is 31.2 Å². The minimum absolute atomic E-state index is 0.0535. The summed E-state index contributed by atoms with van der Waals surface area (Å²) in [4.78, 5) is 16.7. The molecule has 0 saturated carbocycles. The van der Waals surface area contributed by atoms with Crippen LogP contribution >= 0.6 is 0 Å². The predicted molar refractivity (Wildman–Crippen MR) is 115 cm³/mol. The van der Waals surface area contributed by atoms with Crippen LogP contribution in [0.25, 0.3) is 16.9 Å². The summed E-state index contributed by atoms with van der Waals surface area (Å²) < 4.78 is 29.6. The number of rotatable bonds is 8. The van der Waals surface area contributed by atoms with Gasteiger partial charge in [0.25, 0.3) is 5.91 Å². The van der Waals surface area contributed by atoms with Crippen LogP contribution in [0.2, 0.25) is 0 Å². The number of hydrogen-bond donors (Lipinski definition) is 3. The molecule has 7 nitrogen and oxygen atoms in total. The summed E-state index contributed by atoms with van der Waals surface area (Å²) in [5.41, 5.74) is 1.79. The SMILES string of the molecule is CCCCNc1ccc2ncc(-c3ccc(C(=O)NC[C@@H]4C[C@@H](F)CN4)c(F)c3)n2n1. The van der Waals surface area contributed by atoms with E-state index in [1.165, 1.54) is 12.1 Å². The standard InChI is InChI=1S/C22H26F2N6O/c1-2-3-8-25-20-6-7-21-27-13-19(30(21)29-20)14-4-5-17(18(24)9-14)22(31)28-12-16-10-15(23)11-26-16/h4-7,9,13,15-16,26H,2-3,8,10-12H2,1H3,(H,25,29)(H,28,31)/t15-,16+/m1/s1. The maximum atomic E-state index is 14.7. The first-order valence-electron chi connectivity index (χ1n) is 10.6. The second kappa shape index (κ2) is 9.38. The molecule has 0 radical (unpaired) electrons. The Morgan fingerprint density at radius 3 is 2.94 bits per heavy atom. The lowest BCUT2D eigenvalue weighted by molar-refractivity contribution is 0.0946. The van der Waals surface area contributed by atoms with E-state index in [1.54, 1.807) is 16.8 Å². The number of nitrogens with zero attached hydrogens (tertiary/aromatic N) is 3. The first-order chi connectivity index (χ1) is 15.0. The highest BCUT2D eigenvalue weighted by atomic mass is 19.1. The molecule has 3 aromatic rings. The number of aromatic nitrogens is 3. The van der Waals surface area contributed by atoms with E-state index in [0.717, 1.165) is 19.4 Å². The summed E-state index contributed by atoms with van der Waals surface area (Å²) in [6, 6.07) is 8.00. The fourth-order valence-corrected chi connectivity index (χ4v) is 3.65. The topological polar surface area (TPSA) is 83.3 Å². The Morgan fingerprint density at radius 2 is 2.19 bits per heavy atom. The molecule has 9 heteroatoms. The highest BCUT2D eigenvalue weighted by Crippen LogP contribution is 2.23. The van der Waals surface area contributed by atoms with E-state index in [-0.39, 0.29) is 24.7 Å². The zero-order chi connectivity index (χ0) is 21.8. The first kappa shape index (κ1) is 21.2. The van der Waals surface area contributed by atoms with Crippen molar-refractivity contribution in [3.8, 4) is 11.3 Å². The lowest BCUT2D eigenvalue weighted by Gasteiger charge is -2.12. The van der Waals surface area contributed by atoms with Gasteiger partial charge in [0.15, 0.2) is 5.65 Å². The van der Waals surface area contributed by atoms with Crippen molar-refractivity contribution in [1.82, 2.24) is 25.2 Å². The molecule has 4 rings (SSSR count). The van der Waals surface area contributed by atoms with Gasteiger partial charge in [-0.05, 0) is 37.1 Å². The maximum Gasteiger partial charge on any atom is 0.254 e. The van der Waals surface area contributed by atoms with Crippen molar-refractivity contribution in [2.24, 2.45) is 0 Å². The van der Waals surface area contributed by atoms with Gasteiger partial charge in [-0.3, -0.25) is 4.79 Å². The van der Waals surface area contributed by atoms with Gasteiger partial charge in [-0.2, -0.15) is 0 Å². The molecule has 1 fully saturated rings. The van der Waals surface area contributed by atoms with Gasteiger partial charge in [-0.1, -0.05) is 19.4 Å². The second-order valence-corrected chi connectivity index (χ2v) is 7.76. The number of carbonyl (C=O) groups excluding carboxylic acids is 1. The van der Waals surface area contributed by atoms with Crippen molar-refractivity contribution in [3.05, 3.63) is 47.9 Å². The van der Waals surface area contributed by atoms with Crippen molar-refractivity contribution in [2.75, 3.05) is 25.0 Å². The van der Waals surface area contributed by atoms with E-state index >= 15 is 0 Å². The van der Waals surface area contributed by atoms with E-state index in [4.69, 9.17) is 0 Å². The van der Waals surface area contributed by atoms with Gasteiger partial charge in [-0.25, -0.2) is 18.3 Å². The lowest BCUT2D eigenvalue weighted by Crippen LogP contribution is -2.37. The van der Waals surface area contributed by atoms with Gasteiger partial charge >= 0.3 is 0 Å². The van der Waals surface area contributed by atoms with Crippen molar-refractivity contribution in [3.63, 3.8) is 0 Å². The number of amides is 1. The van der Waals surface area contributed by atoms with Crippen LogP contribution < -0.4 is 16.0 Å². The molecule has 1 aliphatic rings. The van der Waals surface area contributed by atoms with Crippen LogP contribution in [0.15, 0.2) is 36.5 Å². The van der Waals surface area contributed by atoms with Gasteiger partial charge in [0.1, 0.15) is 17.8 Å². The summed E-state index contributed by atoms with van der Waals surface area (Å²) in [7, 11) is 0. The summed E-state index contributed by atoms with van der Waals surface area (Å²) >= 11 is 0. The quantitative estimate of drug-likeness (QED) is 0.480. The number of alkyl halides is 1. The van der Waals surface area contributed by atoms with Crippen molar-refractivity contribution in [1.29, 1.82) is 0 Å². The predicted octanol–water partition coefficient (Wildman–Crippen LogP) is 3.18. The minimum atomic E-state index is -0.903. The zero-order valence-corrected chi connectivity index (χ0v) is 17.4. The number of fused-ring (bicyclic) bond motifs is 1. The van der Waals surface area contributed by atoms with Crippen LogP contribution in [0.5, 0.6) is 0 Å². The Bertz CT molecular complexity index is 1070. The fourth-order valence-electron chi connectivity index (χ4n) is 3.65. The molecule has 3 N–H and O–H groups in total. The molecule has 31 heavy (non-hydrogen) atoms. The highest BCUT2D eigenvalue weighted by molar-refractivity contribution is 5.95. The van der Waals surface area contributed by atoms with E-state index in [0.29, 0.717) is 29.1 Å². The van der Waals surface area contributed by atoms with Crippen molar-refractivity contribution in [2.45, 2.75) is 38.4 Å². The molecule has 164 valence electrons. The Morgan fingerprint density at radius 1 is 1.32 bits per heavy atom. The van der Waals surface area contributed by atoms with Crippen LogP contribution in [-0.4, -0.2) is 52.4 Å². The number of unbranched alkanes of at least 4 members (excludes halogenated alkanes) is 1. The summed E-state index contributed by atoms with van der Waals surface area (Å²) in [5, 5.41) is 13.5. The molecule has 0 aliphatic carbocycles. The summed E-state index contributed by atoms with van der Waals surface area (Å²) in [6.45, 7) is 3.48. The van der Waals surface area contributed by atoms with Crippen LogP contribution in [0.1, 0.15) is 36.5 Å². The molecule has 3 heterocycles. The Labute approximate surface area is 179 Å². The third kappa shape index (κ3) is 4.82. The lowest BCUT2D eigenvalue weighted by atomic mass is 10.1. The van der Waals surface area contributed by atoms with Crippen LogP contribution in [0.4, 0.5) is 14.6 Å². The molecule has 1 amide bonds. The average molecular weight is 428 g/mol. The fraction of sp³-hybridized carbons (Fsp3) is 0.409. The van der Waals surface area contributed by atoms with E-state index in [9.17, 15) is 13.6 Å². The van der Waals surface area contributed by atoms with Crippen LogP contribution in [0.3, 0.4) is 0 Å². The number of hydrogen-bond acceptors (Lipinski definition) is 5. The normalized spacial score (nSPS) is 18.4. The third-order valence-corrected chi connectivity index (χ3v) is 5.39. The number of halogens is 2. The monoisotopic (exact) mass is 428 g/mol. The molecule has 2 aromatic heterocycles. The number of benzene rings is 1. The smallest absolute Gasteiger partial charge is 0.254 e. The molecule has 2 atom stereocenters. The molecule has 1 aliphatic heterocycles. The number of anilines is 1. The third-order valence-electron chi connectivity index (χ3n) is 5.39. The molecule has 1 aromatic carbocycles. The molecule has 0 spiro atoms. The van der Waals surface area contributed by atoms with Crippen LogP contribution in [-0.2, 0) is 0 Å². The van der Waals surface area contributed by atoms with Gasteiger partial charge < -0.3 is 16.0 Å². The summed E-state index contributed by atoms with van der Waals surface area (Å²) in [5.74, 6) is -0.440. The number of nitrogens with one attached hydrogen (secondary N) is 3. The molecular weight excluding hydrogens is 402 g/mol. The summed E-state index contributed by atoms with van der Waals surface area (Å²) in [6.07, 6.45) is 3.19.